The zero-order valence-corrected chi connectivity index (χ0v) is 20.1. The maximum atomic E-state index is 12.4. The molecule has 1 N–H and O–H groups in total. The van der Waals surface area contributed by atoms with Crippen molar-refractivity contribution in [2.45, 2.75) is 45.5 Å². The van der Waals surface area contributed by atoms with Crippen molar-refractivity contribution >= 4 is 46.6 Å². The molecule has 0 fully saturated rings. The fraction of sp³-hybridized carbons (Fsp3) is 0.318. The van der Waals surface area contributed by atoms with Gasteiger partial charge in [0.2, 0.25) is 5.91 Å². The number of hydrogen-bond acceptors (Lipinski definition) is 5. The van der Waals surface area contributed by atoms with Crippen molar-refractivity contribution < 1.29 is 9.53 Å². The van der Waals surface area contributed by atoms with E-state index in [4.69, 9.17) is 27.9 Å². The standard InChI is InChI=1S/C22H24Cl2N4O2S/c1-5-28-21(15(4)30-18-11-6-8-13(2)14(18)3)26-27-22(28)31-12-19(29)25-17-10-7-9-16(23)20(17)24/h6-11,15H,5,12H2,1-4H3,(H,25,29). The van der Waals surface area contributed by atoms with E-state index in [1.54, 1.807) is 18.2 Å². The maximum Gasteiger partial charge on any atom is 0.234 e. The highest BCUT2D eigenvalue weighted by atomic mass is 35.5. The van der Waals surface area contributed by atoms with Gasteiger partial charge >= 0.3 is 0 Å². The minimum absolute atomic E-state index is 0.160. The van der Waals surface area contributed by atoms with Gasteiger partial charge in [-0.05, 0) is 57.0 Å². The van der Waals surface area contributed by atoms with Crippen LogP contribution in [0.2, 0.25) is 10.0 Å². The van der Waals surface area contributed by atoms with Gasteiger partial charge in [-0.2, -0.15) is 0 Å². The van der Waals surface area contributed by atoms with E-state index < -0.39 is 0 Å². The first-order valence-corrected chi connectivity index (χ1v) is 11.6. The maximum absolute atomic E-state index is 12.4. The Bertz CT molecular complexity index is 1090. The highest BCUT2D eigenvalue weighted by Gasteiger charge is 2.20. The molecule has 2 aromatic carbocycles. The highest BCUT2D eigenvalue weighted by molar-refractivity contribution is 7.99. The number of hydrogen-bond donors (Lipinski definition) is 1. The molecule has 1 atom stereocenters. The Kier molecular flexibility index (Phi) is 7.86. The highest BCUT2D eigenvalue weighted by Crippen LogP contribution is 2.30. The molecule has 31 heavy (non-hydrogen) atoms. The number of aryl methyl sites for hydroxylation is 1. The summed E-state index contributed by atoms with van der Waals surface area (Å²) in [6.07, 6.45) is -0.290. The fourth-order valence-electron chi connectivity index (χ4n) is 3.02. The number of thioether (sulfide) groups is 1. The number of anilines is 1. The Hall–Kier alpha value is -2.22. The molecule has 1 heterocycles. The molecule has 0 radical (unpaired) electrons. The van der Waals surface area contributed by atoms with Crippen LogP contribution in [-0.4, -0.2) is 26.4 Å². The second-order valence-electron chi connectivity index (χ2n) is 6.98. The van der Waals surface area contributed by atoms with E-state index in [0.29, 0.717) is 33.3 Å². The number of ether oxygens (including phenoxy) is 1. The van der Waals surface area contributed by atoms with Gasteiger partial charge in [0.1, 0.15) is 5.75 Å². The number of benzene rings is 2. The van der Waals surface area contributed by atoms with Crippen molar-refractivity contribution in [2.75, 3.05) is 11.1 Å². The average molecular weight is 479 g/mol. The summed E-state index contributed by atoms with van der Waals surface area (Å²) in [4.78, 5) is 12.4. The second kappa shape index (κ2) is 10.4. The minimum Gasteiger partial charge on any atom is -0.482 e. The van der Waals surface area contributed by atoms with Gasteiger partial charge in [0, 0.05) is 6.54 Å². The zero-order valence-electron chi connectivity index (χ0n) is 17.8. The van der Waals surface area contributed by atoms with Crippen LogP contribution in [0.5, 0.6) is 5.75 Å². The van der Waals surface area contributed by atoms with E-state index in [1.165, 1.54) is 17.3 Å². The summed E-state index contributed by atoms with van der Waals surface area (Å²) in [7, 11) is 0. The van der Waals surface area contributed by atoms with Gasteiger partial charge < -0.3 is 14.6 Å². The number of carbonyl (C=O) groups is 1. The summed E-state index contributed by atoms with van der Waals surface area (Å²) in [5, 5.41) is 12.7. The van der Waals surface area contributed by atoms with Gasteiger partial charge in [-0.25, -0.2) is 0 Å². The molecule has 0 bridgehead atoms. The Morgan fingerprint density at radius 3 is 2.68 bits per heavy atom. The first-order valence-electron chi connectivity index (χ1n) is 9.84. The molecular weight excluding hydrogens is 455 g/mol. The fourth-order valence-corrected chi connectivity index (χ4v) is 4.17. The summed E-state index contributed by atoms with van der Waals surface area (Å²) in [6.45, 7) is 8.70. The zero-order chi connectivity index (χ0) is 22.5. The molecule has 0 aliphatic carbocycles. The van der Waals surface area contributed by atoms with Crippen LogP contribution in [-0.2, 0) is 11.3 Å². The van der Waals surface area contributed by atoms with Gasteiger partial charge in [0.05, 0.1) is 21.5 Å². The summed E-state index contributed by atoms with van der Waals surface area (Å²) in [5.74, 6) is 1.49. The van der Waals surface area contributed by atoms with Crippen LogP contribution in [0.4, 0.5) is 5.69 Å². The number of nitrogens with zero attached hydrogens (tertiary/aromatic N) is 3. The number of halogens is 2. The molecule has 0 aliphatic rings. The third-order valence-electron chi connectivity index (χ3n) is 4.84. The van der Waals surface area contributed by atoms with E-state index in [1.807, 2.05) is 37.5 Å². The molecule has 1 unspecified atom stereocenters. The van der Waals surface area contributed by atoms with Crippen molar-refractivity contribution in [3.05, 3.63) is 63.4 Å². The van der Waals surface area contributed by atoms with E-state index >= 15 is 0 Å². The predicted molar refractivity (Wildman–Crippen MR) is 126 cm³/mol. The SMILES string of the molecule is CCn1c(SCC(=O)Nc2cccc(Cl)c2Cl)nnc1C(C)Oc1cccc(C)c1C. The van der Waals surface area contributed by atoms with Crippen LogP contribution in [0, 0.1) is 13.8 Å². The lowest BCUT2D eigenvalue weighted by molar-refractivity contribution is -0.113. The van der Waals surface area contributed by atoms with Crippen LogP contribution < -0.4 is 10.1 Å². The summed E-state index contributed by atoms with van der Waals surface area (Å²) < 4.78 is 8.12. The first kappa shape index (κ1) is 23.4. The molecule has 3 aromatic rings. The molecule has 6 nitrogen and oxygen atoms in total. The molecule has 1 amide bonds. The molecule has 1 aromatic heterocycles. The van der Waals surface area contributed by atoms with Crippen LogP contribution >= 0.6 is 35.0 Å². The van der Waals surface area contributed by atoms with Gasteiger partial charge in [-0.15, -0.1) is 10.2 Å². The quantitative estimate of drug-likeness (QED) is 0.396. The van der Waals surface area contributed by atoms with Gasteiger partial charge in [0.15, 0.2) is 17.1 Å². The number of nitrogens with one attached hydrogen (secondary N) is 1. The van der Waals surface area contributed by atoms with Crippen molar-refractivity contribution in [1.29, 1.82) is 0 Å². The lowest BCUT2D eigenvalue weighted by atomic mass is 10.1. The summed E-state index contributed by atoms with van der Waals surface area (Å²) in [6, 6.07) is 11.1. The number of aromatic nitrogens is 3. The van der Waals surface area contributed by atoms with Gasteiger partial charge in [-0.1, -0.05) is 53.2 Å². The molecule has 164 valence electrons. The minimum atomic E-state index is -0.290. The Balaban J connectivity index is 1.67. The summed E-state index contributed by atoms with van der Waals surface area (Å²) in [5.41, 5.74) is 2.75. The monoisotopic (exact) mass is 478 g/mol. The normalized spacial score (nSPS) is 11.9. The lowest BCUT2D eigenvalue weighted by Gasteiger charge is -2.17. The third kappa shape index (κ3) is 5.53. The van der Waals surface area contributed by atoms with Crippen LogP contribution in [0.25, 0.3) is 0 Å². The van der Waals surface area contributed by atoms with E-state index in [0.717, 1.165) is 11.3 Å². The number of carbonyl (C=O) groups excluding carboxylic acids is 1. The van der Waals surface area contributed by atoms with Crippen LogP contribution in [0.15, 0.2) is 41.6 Å². The Morgan fingerprint density at radius 1 is 1.19 bits per heavy atom. The lowest BCUT2D eigenvalue weighted by Crippen LogP contribution is -2.16. The van der Waals surface area contributed by atoms with Gasteiger partial charge in [-0.3, -0.25) is 4.79 Å². The third-order valence-corrected chi connectivity index (χ3v) is 6.63. The molecule has 0 spiro atoms. The smallest absolute Gasteiger partial charge is 0.234 e. The van der Waals surface area contributed by atoms with E-state index in [2.05, 4.69) is 28.5 Å². The largest absolute Gasteiger partial charge is 0.482 e. The van der Waals surface area contributed by atoms with E-state index in [-0.39, 0.29) is 17.8 Å². The van der Waals surface area contributed by atoms with Gasteiger partial charge in [0.25, 0.3) is 0 Å². The first-order chi connectivity index (χ1) is 14.8. The Morgan fingerprint density at radius 2 is 1.94 bits per heavy atom. The second-order valence-corrected chi connectivity index (χ2v) is 8.71. The predicted octanol–water partition coefficient (Wildman–Crippen LogP) is 6.09. The summed E-state index contributed by atoms with van der Waals surface area (Å²) >= 11 is 13.4. The number of amides is 1. The van der Waals surface area contributed by atoms with E-state index in [9.17, 15) is 4.79 Å². The van der Waals surface area contributed by atoms with Crippen molar-refractivity contribution in [1.82, 2.24) is 14.8 Å². The van der Waals surface area contributed by atoms with Crippen molar-refractivity contribution in [3.8, 4) is 5.75 Å². The van der Waals surface area contributed by atoms with Crippen molar-refractivity contribution in [2.24, 2.45) is 0 Å². The molecule has 3 rings (SSSR count). The topological polar surface area (TPSA) is 69.0 Å². The average Bonchev–Trinajstić information content (AvgIpc) is 3.16. The van der Waals surface area contributed by atoms with Crippen LogP contribution in [0.1, 0.15) is 36.9 Å². The Labute approximate surface area is 196 Å². The van der Waals surface area contributed by atoms with Crippen LogP contribution in [0.3, 0.4) is 0 Å². The van der Waals surface area contributed by atoms with Crippen molar-refractivity contribution in [3.63, 3.8) is 0 Å². The molecular formula is C22H24Cl2N4O2S. The molecule has 0 aliphatic heterocycles. The molecule has 0 saturated heterocycles. The number of rotatable bonds is 8. The molecule has 9 heteroatoms. The molecule has 0 saturated carbocycles.